The highest BCUT2D eigenvalue weighted by atomic mass is 79.9. The van der Waals surface area contributed by atoms with E-state index < -0.39 is 5.97 Å². The SMILES string of the molecule is O=C(C=Cc1ccc(OC(=O)c2ccc(Br)cc2)cc1)c1ccccc1. The van der Waals surface area contributed by atoms with E-state index in [-0.39, 0.29) is 5.78 Å². The van der Waals surface area contributed by atoms with Crippen molar-refractivity contribution in [2.45, 2.75) is 0 Å². The molecule has 0 radical (unpaired) electrons. The Morgan fingerprint density at radius 1 is 0.769 bits per heavy atom. The van der Waals surface area contributed by atoms with Gasteiger partial charge in [-0.25, -0.2) is 4.79 Å². The molecule has 0 aliphatic rings. The summed E-state index contributed by atoms with van der Waals surface area (Å²) in [6, 6.07) is 23.0. The van der Waals surface area contributed by atoms with Gasteiger partial charge in [0.25, 0.3) is 0 Å². The van der Waals surface area contributed by atoms with Gasteiger partial charge < -0.3 is 4.74 Å². The van der Waals surface area contributed by atoms with Gasteiger partial charge in [0.2, 0.25) is 0 Å². The fourth-order valence-corrected chi connectivity index (χ4v) is 2.53. The van der Waals surface area contributed by atoms with Crippen molar-refractivity contribution >= 4 is 33.8 Å². The first-order chi connectivity index (χ1) is 12.6. The van der Waals surface area contributed by atoms with Crippen molar-refractivity contribution in [2.24, 2.45) is 0 Å². The molecule has 0 aromatic heterocycles. The van der Waals surface area contributed by atoms with Crippen molar-refractivity contribution in [2.75, 3.05) is 0 Å². The monoisotopic (exact) mass is 406 g/mol. The van der Waals surface area contributed by atoms with Gasteiger partial charge in [-0.3, -0.25) is 4.79 Å². The van der Waals surface area contributed by atoms with Gasteiger partial charge in [-0.2, -0.15) is 0 Å². The van der Waals surface area contributed by atoms with Gasteiger partial charge in [0.1, 0.15) is 5.75 Å². The Hall–Kier alpha value is -2.98. The molecule has 3 aromatic rings. The Kier molecular flexibility index (Phi) is 5.77. The van der Waals surface area contributed by atoms with Crippen LogP contribution in [0.4, 0.5) is 0 Å². The van der Waals surface area contributed by atoms with Crippen molar-refractivity contribution in [1.82, 2.24) is 0 Å². The summed E-state index contributed by atoms with van der Waals surface area (Å²) in [7, 11) is 0. The quantitative estimate of drug-likeness (QED) is 0.241. The normalized spacial score (nSPS) is 10.7. The number of allylic oxidation sites excluding steroid dienone is 1. The minimum atomic E-state index is -0.417. The van der Waals surface area contributed by atoms with E-state index in [4.69, 9.17) is 4.74 Å². The molecule has 0 N–H and O–H groups in total. The van der Waals surface area contributed by atoms with Crippen LogP contribution in [-0.4, -0.2) is 11.8 Å². The number of carbonyl (C=O) groups is 2. The first-order valence-corrected chi connectivity index (χ1v) is 8.76. The molecule has 0 saturated carbocycles. The number of hydrogen-bond donors (Lipinski definition) is 0. The molecule has 0 atom stereocenters. The largest absolute Gasteiger partial charge is 0.423 e. The molecule has 0 aliphatic heterocycles. The summed E-state index contributed by atoms with van der Waals surface area (Å²) in [6.07, 6.45) is 3.26. The van der Waals surface area contributed by atoms with Crippen LogP contribution in [0.5, 0.6) is 5.75 Å². The zero-order valence-electron chi connectivity index (χ0n) is 13.8. The number of ether oxygens (including phenoxy) is 1. The second-order valence-electron chi connectivity index (χ2n) is 5.53. The van der Waals surface area contributed by atoms with Crippen LogP contribution in [-0.2, 0) is 0 Å². The molecule has 0 aliphatic carbocycles. The molecule has 0 spiro atoms. The standard InChI is InChI=1S/C22H15BrO3/c23-19-11-9-18(10-12-19)22(25)26-20-13-6-16(7-14-20)8-15-21(24)17-4-2-1-3-5-17/h1-15H. The molecule has 3 rings (SSSR count). The van der Waals surface area contributed by atoms with Gasteiger partial charge in [-0.05, 0) is 48.0 Å². The highest BCUT2D eigenvalue weighted by Gasteiger charge is 2.08. The molecule has 3 aromatic carbocycles. The molecular formula is C22H15BrO3. The average Bonchev–Trinajstić information content (AvgIpc) is 2.68. The van der Waals surface area contributed by atoms with Crippen molar-refractivity contribution in [3.8, 4) is 5.75 Å². The fraction of sp³-hybridized carbons (Fsp3) is 0. The van der Waals surface area contributed by atoms with Crippen LogP contribution in [0.15, 0.2) is 89.4 Å². The van der Waals surface area contributed by atoms with Gasteiger partial charge in [0, 0.05) is 10.0 Å². The number of rotatable bonds is 5. The van der Waals surface area contributed by atoms with Crippen LogP contribution in [0.25, 0.3) is 6.08 Å². The molecule has 0 heterocycles. The summed E-state index contributed by atoms with van der Waals surface area (Å²) < 4.78 is 6.24. The number of hydrogen-bond acceptors (Lipinski definition) is 3. The molecular weight excluding hydrogens is 392 g/mol. The Morgan fingerprint density at radius 3 is 2.08 bits per heavy atom. The zero-order chi connectivity index (χ0) is 18.4. The molecule has 0 bridgehead atoms. The molecule has 3 nitrogen and oxygen atoms in total. The minimum Gasteiger partial charge on any atom is -0.423 e. The maximum Gasteiger partial charge on any atom is 0.343 e. The van der Waals surface area contributed by atoms with Crippen molar-refractivity contribution in [3.63, 3.8) is 0 Å². The van der Waals surface area contributed by atoms with Gasteiger partial charge >= 0.3 is 5.97 Å². The lowest BCUT2D eigenvalue weighted by molar-refractivity contribution is 0.0734. The van der Waals surface area contributed by atoms with E-state index in [2.05, 4.69) is 15.9 Å². The molecule has 0 unspecified atom stereocenters. The summed E-state index contributed by atoms with van der Waals surface area (Å²) in [5.41, 5.74) is 1.96. The van der Waals surface area contributed by atoms with E-state index in [1.807, 2.05) is 18.2 Å². The number of benzene rings is 3. The molecule has 4 heteroatoms. The molecule has 128 valence electrons. The Morgan fingerprint density at radius 2 is 1.42 bits per heavy atom. The van der Waals surface area contributed by atoms with E-state index >= 15 is 0 Å². The summed E-state index contributed by atoms with van der Waals surface area (Å²) in [6.45, 7) is 0. The van der Waals surface area contributed by atoms with Gasteiger partial charge in [-0.1, -0.05) is 64.5 Å². The van der Waals surface area contributed by atoms with Crippen LogP contribution >= 0.6 is 15.9 Å². The van der Waals surface area contributed by atoms with E-state index in [0.717, 1.165) is 10.0 Å². The molecule has 0 saturated heterocycles. The maximum atomic E-state index is 12.1. The highest BCUT2D eigenvalue weighted by molar-refractivity contribution is 9.10. The van der Waals surface area contributed by atoms with Crippen LogP contribution in [0.3, 0.4) is 0 Å². The highest BCUT2D eigenvalue weighted by Crippen LogP contribution is 2.17. The van der Waals surface area contributed by atoms with Crippen molar-refractivity contribution < 1.29 is 14.3 Å². The number of halogens is 1. The third-order valence-electron chi connectivity index (χ3n) is 3.66. The zero-order valence-corrected chi connectivity index (χ0v) is 15.3. The molecule has 0 amide bonds. The minimum absolute atomic E-state index is 0.0589. The average molecular weight is 407 g/mol. The predicted molar refractivity (Wildman–Crippen MR) is 105 cm³/mol. The molecule has 0 fully saturated rings. The lowest BCUT2D eigenvalue weighted by Crippen LogP contribution is -2.08. The predicted octanol–water partition coefficient (Wildman–Crippen LogP) is 5.56. The van der Waals surface area contributed by atoms with Gasteiger partial charge in [0.05, 0.1) is 5.56 Å². The van der Waals surface area contributed by atoms with Crippen LogP contribution in [0.1, 0.15) is 26.3 Å². The third-order valence-corrected chi connectivity index (χ3v) is 4.18. The first-order valence-electron chi connectivity index (χ1n) is 7.97. The maximum absolute atomic E-state index is 12.1. The van der Waals surface area contributed by atoms with Crippen LogP contribution in [0.2, 0.25) is 0 Å². The van der Waals surface area contributed by atoms with Gasteiger partial charge in [0.15, 0.2) is 5.78 Å². The molecule has 26 heavy (non-hydrogen) atoms. The number of ketones is 1. The summed E-state index contributed by atoms with van der Waals surface area (Å²) in [4.78, 5) is 24.1. The van der Waals surface area contributed by atoms with E-state index in [9.17, 15) is 9.59 Å². The van der Waals surface area contributed by atoms with Crippen LogP contribution in [0, 0.1) is 0 Å². The van der Waals surface area contributed by atoms with Crippen LogP contribution < -0.4 is 4.74 Å². The van der Waals surface area contributed by atoms with Crippen molar-refractivity contribution in [3.05, 3.63) is 106 Å². The Balaban J connectivity index is 1.63. The first kappa shape index (κ1) is 17.8. The van der Waals surface area contributed by atoms with Crippen molar-refractivity contribution in [1.29, 1.82) is 0 Å². The lowest BCUT2D eigenvalue weighted by Gasteiger charge is -2.05. The lowest BCUT2D eigenvalue weighted by atomic mass is 10.1. The second-order valence-corrected chi connectivity index (χ2v) is 6.44. The Labute approximate surface area is 160 Å². The van der Waals surface area contributed by atoms with E-state index in [1.165, 1.54) is 6.08 Å². The summed E-state index contributed by atoms with van der Waals surface area (Å²) in [5.74, 6) is -0.0270. The van der Waals surface area contributed by atoms with E-state index in [1.54, 1.807) is 66.7 Å². The topological polar surface area (TPSA) is 43.4 Å². The van der Waals surface area contributed by atoms with Gasteiger partial charge in [-0.15, -0.1) is 0 Å². The summed E-state index contributed by atoms with van der Waals surface area (Å²) in [5, 5.41) is 0. The number of carbonyl (C=O) groups excluding carboxylic acids is 2. The second kappa shape index (κ2) is 8.41. The third kappa shape index (κ3) is 4.77. The Bertz CT molecular complexity index is 927. The van der Waals surface area contributed by atoms with E-state index in [0.29, 0.717) is 16.9 Å². The fourth-order valence-electron chi connectivity index (χ4n) is 2.27. The summed E-state index contributed by atoms with van der Waals surface area (Å²) >= 11 is 3.33. The number of esters is 1. The smallest absolute Gasteiger partial charge is 0.343 e.